The van der Waals surface area contributed by atoms with Gasteiger partial charge in [0.1, 0.15) is 12.4 Å². The number of nitrogens with one attached hydrogen (secondary N) is 2. The second kappa shape index (κ2) is 7.22. The highest BCUT2D eigenvalue weighted by Gasteiger charge is 2.11. The van der Waals surface area contributed by atoms with Crippen LogP contribution in [0.5, 0.6) is 0 Å². The molecule has 8 nitrogen and oxygen atoms in total. The summed E-state index contributed by atoms with van der Waals surface area (Å²) in [6.07, 6.45) is 0. The number of anilines is 1. The van der Waals surface area contributed by atoms with Crippen LogP contribution in [0, 0.1) is 6.92 Å². The molecule has 28 heavy (non-hydrogen) atoms. The lowest BCUT2D eigenvalue weighted by Gasteiger charge is -2.08. The van der Waals surface area contributed by atoms with Crippen LogP contribution in [-0.2, 0) is 11.3 Å². The number of amides is 1. The molecule has 2 heterocycles. The van der Waals surface area contributed by atoms with Gasteiger partial charge in [0.25, 0.3) is 0 Å². The molecule has 0 saturated heterocycles. The van der Waals surface area contributed by atoms with Crippen molar-refractivity contribution in [3.05, 3.63) is 53.9 Å². The molecule has 2 N–H and O–H groups in total. The average molecular weight is 375 g/mol. The maximum atomic E-state index is 12.3. The Labute approximate surface area is 162 Å². The van der Waals surface area contributed by atoms with E-state index in [0.717, 1.165) is 28.1 Å². The van der Waals surface area contributed by atoms with Gasteiger partial charge in [-0.2, -0.15) is 4.80 Å². The van der Waals surface area contributed by atoms with Crippen molar-refractivity contribution in [1.82, 2.24) is 30.2 Å². The van der Waals surface area contributed by atoms with Crippen LogP contribution in [0.2, 0.25) is 0 Å². The number of hydrogen-bond donors (Lipinski definition) is 2. The van der Waals surface area contributed by atoms with Gasteiger partial charge in [-0.25, -0.2) is 4.98 Å². The summed E-state index contributed by atoms with van der Waals surface area (Å²) in [6, 6.07) is 13.5. The Morgan fingerprint density at radius 2 is 1.96 bits per heavy atom. The maximum Gasteiger partial charge on any atom is 0.248 e. The molecular weight excluding hydrogens is 354 g/mol. The number of aryl methyl sites for hydroxylation is 1. The molecule has 0 spiro atoms. The average Bonchev–Trinajstić information content (AvgIpc) is 3.26. The topological polar surface area (TPSA) is 101 Å². The van der Waals surface area contributed by atoms with Crippen molar-refractivity contribution in [2.45, 2.75) is 33.2 Å². The number of benzene rings is 2. The number of aromatic amines is 1. The summed E-state index contributed by atoms with van der Waals surface area (Å²) in [5.41, 5.74) is 4.58. The van der Waals surface area contributed by atoms with E-state index in [0.29, 0.717) is 11.7 Å². The SMILES string of the molecule is Cc1nc2ccc(-c3nnn(CC(=O)Nc4ccc(C(C)C)cc4)n3)cc2[nH]1. The highest BCUT2D eigenvalue weighted by atomic mass is 16.2. The van der Waals surface area contributed by atoms with Gasteiger partial charge < -0.3 is 10.3 Å². The molecule has 4 rings (SSSR count). The Kier molecular flexibility index (Phi) is 4.60. The molecule has 142 valence electrons. The quantitative estimate of drug-likeness (QED) is 0.557. The number of fused-ring (bicyclic) bond motifs is 1. The number of H-pyrrole nitrogens is 1. The number of rotatable bonds is 5. The summed E-state index contributed by atoms with van der Waals surface area (Å²) >= 11 is 0. The Morgan fingerprint density at radius 3 is 2.71 bits per heavy atom. The number of aromatic nitrogens is 6. The lowest BCUT2D eigenvalue weighted by molar-refractivity contribution is -0.117. The normalized spacial score (nSPS) is 11.3. The van der Waals surface area contributed by atoms with Crippen molar-refractivity contribution in [2.75, 3.05) is 5.32 Å². The minimum atomic E-state index is -0.208. The van der Waals surface area contributed by atoms with Crippen molar-refractivity contribution >= 4 is 22.6 Å². The van der Waals surface area contributed by atoms with E-state index in [-0.39, 0.29) is 12.5 Å². The first-order chi connectivity index (χ1) is 13.5. The van der Waals surface area contributed by atoms with Crippen LogP contribution in [0.15, 0.2) is 42.5 Å². The van der Waals surface area contributed by atoms with E-state index in [9.17, 15) is 4.79 Å². The third kappa shape index (κ3) is 3.75. The van der Waals surface area contributed by atoms with Crippen LogP contribution in [0.4, 0.5) is 5.69 Å². The van der Waals surface area contributed by atoms with Crippen LogP contribution in [-0.4, -0.2) is 36.1 Å². The minimum absolute atomic E-state index is 0.00958. The molecular formula is C20H21N7O. The van der Waals surface area contributed by atoms with E-state index < -0.39 is 0 Å². The maximum absolute atomic E-state index is 12.3. The third-order valence-corrected chi connectivity index (χ3v) is 4.46. The zero-order valence-electron chi connectivity index (χ0n) is 16.0. The van der Waals surface area contributed by atoms with Gasteiger partial charge in [-0.05, 0) is 54.0 Å². The first-order valence-corrected chi connectivity index (χ1v) is 9.12. The van der Waals surface area contributed by atoms with Crippen LogP contribution >= 0.6 is 0 Å². The molecule has 8 heteroatoms. The zero-order chi connectivity index (χ0) is 19.7. The van der Waals surface area contributed by atoms with Gasteiger partial charge in [0.15, 0.2) is 0 Å². The van der Waals surface area contributed by atoms with Gasteiger partial charge in [-0.15, -0.1) is 10.2 Å². The highest BCUT2D eigenvalue weighted by molar-refractivity contribution is 5.90. The zero-order valence-corrected chi connectivity index (χ0v) is 16.0. The fraction of sp³-hybridized carbons (Fsp3) is 0.250. The number of hydrogen-bond acceptors (Lipinski definition) is 5. The van der Waals surface area contributed by atoms with Gasteiger partial charge in [0.2, 0.25) is 11.7 Å². The molecule has 1 amide bonds. The fourth-order valence-corrected chi connectivity index (χ4v) is 2.98. The lowest BCUT2D eigenvalue weighted by atomic mass is 10.0. The van der Waals surface area contributed by atoms with Crippen LogP contribution in [0.25, 0.3) is 22.4 Å². The number of carbonyl (C=O) groups is 1. The van der Waals surface area contributed by atoms with Gasteiger partial charge in [0, 0.05) is 11.3 Å². The molecule has 0 saturated carbocycles. The Hall–Kier alpha value is -3.55. The molecule has 0 bridgehead atoms. The van der Waals surface area contributed by atoms with E-state index in [4.69, 9.17) is 0 Å². The fourth-order valence-electron chi connectivity index (χ4n) is 2.98. The Bertz CT molecular complexity index is 1130. The first kappa shape index (κ1) is 17.8. The minimum Gasteiger partial charge on any atom is -0.342 e. The van der Waals surface area contributed by atoms with E-state index >= 15 is 0 Å². The Balaban J connectivity index is 1.44. The van der Waals surface area contributed by atoms with Gasteiger partial charge in [-0.3, -0.25) is 4.79 Å². The van der Waals surface area contributed by atoms with Crippen LogP contribution in [0.1, 0.15) is 31.2 Å². The van der Waals surface area contributed by atoms with Crippen molar-refractivity contribution in [2.24, 2.45) is 0 Å². The van der Waals surface area contributed by atoms with Crippen molar-refractivity contribution in [1.29, 1.82) is 0 Å². The molecule has 2 aromatic carbocycles. The van der Waals surface area contributed by atoms with E-state index in [1.807, 2.05) is 49.4 Å². The van der Waals surface area contributed by atoms with Crippen molar-refractivity contribution < 1.29 is 4.79 Å². The van der Waals surface area contributed by atoms with Gasteiger partial charge in [0.05, 0.1) is 11.0 Å². The summed E-state index contributed by atoms with van der Waals surface area (Å²) in [5, 5.41) is 15.2. The molecule has 0 radical (unpaired) electrons. The smallest absolute Gasteiger partial charge is 0.248 e. The van der Waals surface area contributed by atoms with Crippen molar-refractivity contribution in [3.8, 4) is 11.4 Å². The predicted octanol–water partition coefficient (Wildman–Crippen LogP) is 3.29. The molecule has 0 unspecified atom stereocenters. The number of imidazole rings is 1. The second-order valence-corrected chi connectivity index (χ2v) is 7.02. The largest absolute Gasteiger partial charge is 0.342 e. The van der Waals surface area contributed by atoms with E-state index in [1.54, 1.807) is 0 Å². The summed E-state index contributed by atoms with van der Waals surface area (Å²) in [5.74, 6) is 1.55. The molecule has 0 aliphatic carbocycles. The van der Waals surface area contributed by atoms with E-state index in [2.05, 4.69) is 44.5 Å². The first-order valence-electron chi connectivity index (χ1n) is 9.12. The molecule has 0 aliphatic heterocycles. The summed E-state index contributed by atoms with van der Waals surface area (Å²) < 4.78 is 0. The molecule has 2 aromatic heterocycles. The second-order valence-electron chi connectivity index (χ2n) is 7.02. The number of tetrazole rings is 1. The number of carbonyl (C=O) groups excluding carboxylic acids is 1. The molecule has 0 atom stereocenters. The standard InChI is InChI=1S/C20H21N7O/c1-12(2)14-4-7-16(8-5-14)23-19(28)11-27-25-20(24-26-27)15-6-9-17-18(10-15)22-13(3)21-17/h4-10,12H,11H2,1-3H3,(H,21,22)(H,23,28). The highest BCUT2D eigenvalue weighted by Crippen LogP contribution is 2.20. The van der Waals surface area contributed by atoms with Crippen molar-refractivity contribution in [3.63, 3.8) is 0 Å². The van der Waals surface area contributed by atoms with Gasteiger partial charge in [-0.1, -0.05) is 26.0 Å². The van der Waals surface area contributed by atoms with Crippen LogP contribution < -0.4 is 5.32 Å². The van der Waals surface area contributed by atoms with Crippen LogP contribution in [0.3, 0.4) is 0 Å². The van der Waals surface area contributed by atoms with E-state index in [1.165, 1.54) is 10.4 Å². The molecule has 0 fully saturated rings. The molecule has 4 aromatic rings. The Morgan fingerprint density at radius 1 is 1.18 bits per heavy atom. The molecule has 0 aliphatic rings. The van der Waals surface area contributed by atoms with Gasteiger partial charge >= 0.3 is 0 Å². The summed E-state index contributed by atoms with van der Waals surface area (Å²) in [4.78, 5) is 21.1. The predicted molar refractivity (Wildman–Crippen MR) is 107 cm³/mol. The third-order valence-electron chi connectivity index (χ3n) is 4.46. The number of nitrogens with zero attached hydrogens (tertiary/aromatic N) is 5. The summed E-state index contributed by atoms with van der Waals surface area (Å²) in [7, 11) is 0. The lowest BCUT2D eigenvalue weighted by Crippen LogP contribution is -2.20. The monoisotopic (exact) mass is 375 g/mol. The summed E-state index contributed by atoms with van der Waals surface area (Å²) in [6.45, 7) is 6.16.